The monoisotopic (exact) mass is 263 g/mol. The van der Waals surface area contributed by atoms with E-state index >= 15 is 0 Å². The van der Waals surface area contributed by atoms with Gasteiger partial charge in [0, 0.05) is 6.61 Å². The summed E-state index contributed by atoms with van der Waals surface area (Å²) in [5.41, 5.74) is 0. The van der Waals surface area contributed by atoms with Crippen LogP contribution in [0.1, 0.15) is 19.3 Å². The number of halogens is 1. The van der Waals surface area contributed by atoms with Crippen molar-refractivity contribution in [2.24, 2.45) is 5.92 Å². The normalized spacial score (nSPS) is 14.4. The van der Waals surface area contributed by atoms with E-state index in [1.165, 1.54) is 6.42 Å². The van der Waals surface area contributed by atoms with Crippen LogP contribution in [0.4, 0.5) is 0 Å². The molecule has 0 saturated heterocycles. The molecule has 1 nitrogen and oxygen atoms in total. The average Bonchev–Trinajstić information content (AvgIpc) is 2.61. The van der Waals surface area contributed by atoms with Gasteiger partial charge in [-0.25, -0.2) is 0 Å². The van der Waals surface area contributed by atoms with Crippen molar-refractivity contribution in [3.05, 3.63) is 24.3 Å². The number of aliphatic hydroxyl groups excluding tert-OH is 1. The number of unbranched alkanes of at least 4 members (excludes halogenated alkanes) is 1. The predicted octanol–water partition coefficient (Wildman–Crippen LogP) is 2.58. The van der Waals surface area contributed by atoms with E-state index < -0.39 is 0 Å². The molecule has 1 N–H and O–H groups in total. The maximum absolute atomic E-state index is 8.50. The van der Waals surface area contributed by atoms with E-state index in [0.29, 0.717) is 12.5 Å². The Bertz CT molecular complexity index is 133. The molecule has 0 heterocycles. The van der Waals surface area contributed by atoms with Gasteiger partial charge >= 0.3 is 32.0 Å². The molecule has 0 amide bonds. The summed E-state index contributed by atoms with van der Waals surface area (Å²) in [6.07, 6.45) is 11.9. The van der Waals surface area contributed by atoms with Gasteiger partial charge in [-0.15, -0.1) is 0 Å². The summed E-state index contributed by atoms with van der Waals surface area (Å²) in [5.74, 6) is 0.645. The van der Waals surface area contributed by atoms with Gasteiger partial charge < -0.3 is 5.11 Å². The first-order valence-corrected chi connectivity index (χ1v) is 7.25. The standard InChI is InChI=1S/C9H14O.ClH.Zr/c10-8-4-3-7-9-5-1-2-6-9;;/h1-2,5-6,9-10H,3-4,7-8H2;1H;/q;;+1/p-1. The molecule has 0 aromatic carbocycles. The summed E-state index contributed by atoms with van der Waals surface area (Å²) in [4.78, 5) is 0. The first-order chi connectivity index (χ1) is 5.93. The van der Waals surface area contributed by atoms with Gasteiger partial charge in [-0.1, -0.05) is 30.7 Å². The van der Waals surface area contributed by atoms with E-state index in [4.69, 9.17) is 13.6 Å². The van der Waals surface area contributed by atoms with Crippen molar-refractivity contribution < 1.29 is 28.6 Å². The second kappa shape index (κ2) is 9.70. The van der Waals surface area contributed by atoms with E-state index in [0.717, 1.165) is 36.4 Å². The number of allylic oxidation sites excluding steroid dienone is 4. The molecule has 0 aromatic heterocycles. The average molecular weight is 265 g/mol. The van der Waals surface area contributed by atoms with Crippen molar-refractivity contribution >= 4 is 8.51 Å². The van der Waals surface area contributed by atoms with E-state index in [1.807, 2.05) is 0 Å². The van der Waals surface area contributed by atoms with Gasteiger partial charge in [0.2, 0.25) is 0 Å². The van der Waals surface area contributed by atoms with Gasteiger partial charge in [0.1, 0.15) is 0 Å². The first kappa shape index (κ1) is 12.6. The van der Waals surface area contributed by atoms with Crippen LogP contribution in [0, 0.1) is 5.92 Å². The zero-order valence-corrected chi connectivity index (χ0v) is 10.3. The van der Waals surface area contributed by atoms with Gasteiger partial charge in [-0.2, -0.15) is 0 Å². The van der Waals surface area contributed by atoms with Crippen molar-refractivity contribution in [1.29, 1.82) is 0 Å². The molecule has 0 atom stereocenters. The van der Waals surface area contributed by atoms with Crippen LogP contribution < -0.4 is 0 Å². The van der Waals surface area contributed by atoms with Crippen LogP contribution in [0.5, 0.6) is 0 Å². The van der Waals surface area contributed by atoms with Crippen LogP contribution in [0.25, 0.3) is 0 Å². The predicted molar refractivity (Wildman–Crippen MR) is 48.6 cm³/mol. The minimum atomic E-state index is 0.333. The zero-order chi connectivity index (χ0) is 9.23. The summed E-state index contributed by atoms with van der Waals surface area (Å²) in [6.45, 7) is 0.333. The third-order valence-electron chi connectivity index (χ3n) is 1.77. The van der Waals surface area contributed by atoms with E-state index in [1.54, 1.807) is 0 Å². The number of aliphatic hydroxyl groups is 1. The fourth-order valence-electron chi connectivity index (χ4n) is 1.16. The first-order valence-electron chi connectivity index (χ1n) is 4.08. The van der Waals surface area contributed by atoms with E-state index in [-0.39, 0.29) is 0 Å². The molecule has 0 unspecified atom stereocenters. The number of hydrogen-bond acceptors (Lipinski definition) is 1. The molecular weight excluding hydrogens is 251 g/mol. The Morgan fingerprint density at radius 3 is 2.25 bits per heavy atom. The molecule has 0 aliphatic heterocycles. The van der Waals surface area contributed by atoms with E-state index in [2.05, 4.69) is 24.3 Å². The molecule has 1 aliphatic carbocycles. The Hall–Kier alpha value is 0.613. The molecular formula is C9H14ClOZr. The van der Waals surface area contributed by atoms with Gasteiger partial charge in [0.25, 0.3) is 0 Å². The molecule has 3 heteroatoms. The molecule has 0 radical (unpaired) electrons. The third kappa shape index (κ3) is 6.16. The van der Waals surface area contributed by atoms with Crippen LogP contribution in [0.2, 0.25) is 0 Å². The maximum atomic E-state index is 8.50. The molecule has 0 spiro atoms. The van der Waals surface area contributed by atoms with Gasteiger partial charge in [0.05, 0.1) is 0 Å². The zero-order valence-electron chi connectivity index (χ0n) is 7.04. The molecule has 1 aliphatic rings. The Kier molecular flexibility index (Phi) is 10.2. The van der Waals surface area contributed by atoms with Crippen LogP contribution >= 0.6 is 8.51 Å². The van der Waals surface area contributed by atoms with Crippen LogP contribution in [-0.2, 0) is 23.5 Å². The molecule has 0 aromatic rings. The quantitative estimate of drug-likeness (QED) is 0.774. The van der Waals surface area contributed by atoms with Crippen molar-refractivity contribution in [3.63, 3.8) is 0 Å². The minimum absolute atomic E-state index is 0.333. The van der Waals surface area contributed by atoms with Gasteiger partial charge in [0.15, 0.2) is 0 Å². The second-order valence-corrected chi connectivity index (χ2v) is 2.65. The summed E-state index contributed by atoms with van der Waals surface area (Å²) < 4.78 is 0. The summed E-state index contributed by atoms with van der Waals surface area (Å²) in [7, 11) is 4.73. The van der Waals surface area contributed by atoms with Crippen molar-refractivity contribution in [2.75, 3.05) is 6.61 Å². The number of hydrogen-bond donors (Lipinski definition) is 1. The topological polar surface area (TPSA) is 20.2 Å². The summed E-state index contributed by atoms with van der Waals surface area (Å²) in [5, 5.41) is 8.50. The molecule has 0 fully saturated rings. The van der Waals surface area contributed by atoms with Crippen molar-refractivity contribution in [3.8, 4) is 0 Å². The Morgan fingerprint density at radius 2 is 1.75 bits per heavy atom. The fraction of sp³-hybridized carbons (Fsp3) is 0.556. The van der Waals surface area contributed by atoms with Gasteiger partial charge in [-0.05, 0) is 18.8 Å². The molecule has 0 bridgehead atoms. The van der Waals surface area contributed by atoms with Crippen LogP contribution in [0.3, 0.4) is 0 Å². The third-order valence-corrected chi connectivity index (χ3v) is 1.77. The SMILES string of the molecule is OCCCCC1C=CC=C1.[Cl][Zr]. The van der Waals surface area contributed by atoms with Crippen LogP contribution in [0.15, 0.2) is 24.3 Å². The van der Waals surface area contributed by atoms with Gasteiger partial charge in [-0.3, -0.25) is 0 Å². The van der Waals surface area contributed by atoms with E-state index in [9.17, 15) is 0 Å². The molecule has 67 valence electrons. The summed E-state index contributed by atoms with van der Waals surface area (Å²) >= 11 is 1.02. The van der Waals surface area contributed by atoms with Crippen LogP contribution in [-0.4, -0.2) is 11.7 Å². The summed E-state index contributed by atoms with van der Waals surface area (Å²) in [6, 6.07) is 0. The van der Waals surface area contributed by atoms with Crippen molar-refractivity contribution in [1.82, 2.24) is 0 Å². The van der Waals surface area contributed by atoms with Crippen molar-refractivity contribution in [2.45, 2.75) is 19.3 Å². The second-order valence-electron chi connectivity index (χ2n) is 2.65. The Labute approximate surface area is 92.9 Å². The fourth-order valence-corrected chi connectivity index (χ4v) is 1.16. The number of rotatable bonds is 4. The Morgan fingerprint density at radius 1 is 1.17 bits per heavy atom. The molecule has 0 saturated carbocycles. The molecule has 1 rings (SSSR count). The Balaban J connectivity index is 0.000000561. The molecule has 12 heavy (non-hydrogen) atoms.